The summed E-state index contributed by atoms with van der Waals surface area (Å²) in [5.74, 6) is 0. The molecule has 2 rings (SSSR count). The van der Waals surface area contributed by atoms with Gasteiger partial charge in [-0.25, -0.2) is 0 Å². The second kappa shape index (κ2) is 2.73. The van der Waals surface area contributed by atoms with Crippen molar-refractivity contribution in [1.82, 2.24) is 0 Å². The summed E-state index contributed by atoms with van der Waals surface area (Å²) in [7, 11) is 0. The minimum atomic E-state index is -0.0156. The van der Waals surface area contributed by atoms with Gasteiger partial charge in [0.15, 0.2) is 0 Å². The minimum Gasteiger partial charge on any atom is -0.380 e. The van der Waals surface area contributed by atoms with Crippen LogP contribution in [0.3, 0.4) is 0 Å². The molecule has 11 heavy (non-hydrogen) atoms. The Morgan fingerprint density at radius 1 is 1.27 bits per heavy atom. The van der Waals surface area contributed by atoms with Gasteiger partial charge >= 0.3 is 0 Å². The molecule has 0 unspecified atom stereocenters. The molecule has 2 saturated heterocycles. The van der Waals surface area contributed by atoms with Crippen LogP contribution in [0, 0.1) is 0 Å². The Kier molecular flexibility index (Phi) is 1.87. The van der Waals surface area contributed by atoms with Crippen molar-refractivity contribution in [1.29, 1.82) is 0 Å². The predicted octanol–water partition coefficient (Wildman–Crippen LogP) is 0.283. The Labute approximate surface area is 66.8 Å². The number of hydrogen-bond acceptors (Lipinski definition) is 3. The first-order valence-electron chi connectivity index (χ1n) is 4.31. The van der Waals surface area contributed by atoms with Gasteiger partial charge in [-0.1, -0.05) is 0 Å². The molecule has 64 valence electrons. The zero-order valence-corrected chi connectivity index (χ0v) is 6.71. The molecule has 0 radical (unpaired) electrons. The number of nitrogens with two attached hydrogens (primary N) is 1. The molecule has 0 aromatic rings. The molecule has 0 aromatic carbocycles. The van der Waals surface area contributed by atoms with Crippen molar-refractivity contribution in [3.05, 3.63) is 0 Å². The average Bonchev–Trinajstić information content (AvgIpc) is 2.46. The first-order valence-corrected chi connectivity index (χ1v) is 4.31. The topological polar surface area (TPSA) is 44.5 Å². The molecule has 2 aliphatic rings. The average molecular weight is 157 g/mol. The zero-order valence-electron chi connectivity index (χ0n) is 6.71. The van der Waals surface area contributed by atoms with Gasteiger partial charge in [-0.3, -0.25) is 0 Å². The summed E-state index contributed by atoms with van der Waals surface area (Å²) in [5.41, 5.74) is 5.91. The fourth-order valence-corrected chi connectivity index (χ4v) is 2.00. The van der Waals surface area contributed by atoms with E-state index in [4.69, 9.17) is 15.2 Å². The molecule has 2 fully saturated rings. The van der Waals surface area contributed by atoms with Crippen LogP contribution in [-0.4, -0.2) is 31.5 Å². The molecule has 0 bridgehead atoms. The maximum absolute atomic E-state index is 5.93. The molecular weight excluding hydrogens is 142 g/mol. The molecule has 0 saturated carbocycles. The van der Waals surface area contributed by atoms with E-state index in [1.165, 1.54) is 0 Å². The highest BCUT2D eigenvalue weighted by molar-refractivity contribution is 4.96. The molecule has 2 atom stereocenters. The molecule has 0 aliphatic carbocycles. The Morgan fingerprint density at radius 3 is 2.82 bits per heavy atom. The molecule has 2 N–H and O–H groups in total. The Morgan fingerprint density at radius 2 is 2.18 bits per heavy atom. The van der Waals surface area contributed by atoms with Gasteiger partial charge < -0.3 is 15.2 Å². The first kappa shape index (κ1) is 7.53. The van der Waals surface area contributed by atoms with Gasteiger partial charge in [0.2, 0.25) is 0 Å². The molecule has 1 spiro atoms. The highest BCUT2D eigenvalue weighted by Crippen LogP contribution is 2.33. The van der Waals surface area contributed by atoms with Crippen LogP contribution in [0.25, 0.3) is 0 Å². The lowest BCUT2D eigenvalue weighted by Gasteiger charge is -2.37. The van der Waals surface area contributed by atoms with E-state index in [1.807, 2.05) is 0 Å². The van der Waals surface area contributed by atoms with Gasteiger partial charge in [0.25, 0.3) is 0 Å². The summed E-state index contributed by atoms with van der Waals surface area (Å²) < 4.78 is 11.0. The fourth-order valence-electron chi connectivity index (χ4n) is 2.00. The van der Waals surface area contributed by atoms with Gasteiger partial charge in [0.05, 0.1) is 18.2 Å². The normalized spacial score (nSPS) is 45.0. The monoisotopic (exact) mass is 157 g/mol. The van der Waals surface area contributed by atoms with Crippen LogP contribution in [-0.2, 0) is 9.47 Å². The van der Waals surface area contributed by atoms with Crippen molar-refractivity contribution in [3.8, 4) is 0 Å². The van der Waals surface area contributed by atoms with Crippen LogP contribution in [0.15, 0.2) is 0 Å². The predicted molar refractivity (Wildman–Crippen MR) is 41.3 cm³/mol. The summed E-state index contributed by atoms with van der Waals surface area (Å²) in [6.07, 6.45) is 3.26. The molecular formula is C8H15NO2. The van der Waals surface area contributed by atoms with Crippen molar-refractivity contribution in [2.45, 2.75) is 30.9 Å². The highest BCUT2D eigenvalue weighted by Gasteiger charge is 2.42. The molecule has 2 heterocycles. The lowest BCUT2D eigenvalue weighted by atomic mass is 9.87. The van der Waals surface area contributed by atoms with Gasteiger partial charge in [-0.2, -0.15) is 0 Å². The van der Waals surface area contributed by atoms with E-state index >= 15 is 0 Å². The van der Waals surface area contributed by atoms with Crippen molar-refractivity contribution in [2.75, 3.05) is 19.8 Å². The van der Waals surface area contributed by atoms with E-state index in [1.54, 1.807) is 0 Å². The van der Waals surface area contributed by atoms with Crippen LogP contribution in [0.5, 0.6) is 0 Å². The van der Waals surface area contributed by atoms with Crippen molar-refractivity contribution in [2.24, 2.45) is 5.73 Å². The van der Waals surface area contributed by atoms with Crippen LogP contribution in [0.1, 0.15) is 19.3 Å². The zero-order chi connectivity index (χ0) is 7.73. The van der Waals surface area contributed by atoms with E-state index in [2.05, 4.69) is 0 Å². The third-order valence-corrected chi connectivity index (χ3v) is 2.78. The van der Waals surface area contributed by atoms with Crippen LogP contribution in [0.4, 0.5) is 0 Å². The van der Waals surface area contributed by atoms with Crippen molar-refractivity contribution < 1.29 is 9.47 Å². The molecule has 0 aromatic heterocycles. The standard InChI is InChI=1S/C8H15NO2/c9-7-6-10-5-3-8(7)2-1-4-11-8/h7H,1-6,9H2/t7-,8+/m1/s1. The van der Waals surface area contributed by atoms with Gasteiger partial charge in [0, 0.05) is 19.6 Å². The summed E-state index contributed by atoms with van der Waals surface area (Å²) >= 11 is 0. The summed E-state index contributed by atoms with van der Waals surface area (Å²) in [6.45, 7) is 2.36. The maximum atomic E-state index is 5.93. The molecule has 0 amide bonds. The molecule has 2 aliphatic heterocycles. The Hall–Kier alpha value is -0.120. The number of hydrogen-bond donors (Lipinski definition) is 1. The van der Waals surface area contributed by atoms with E-state index in [0.717, 1.165) is 32.5 Å². The minimum absolute atomic E-state index is 0.0156. The third kappa shape index (κ3) is 1.17. The lowest BCUT2D eigenvalue weighted by molar-refractivity contribution is -0.0927. The second-order valence-electron chi connectivity index (χ2n) is 3.45. The maximum Gasteiger partial charge on any atom is 0.0877 e. The Balaban J connectivity index is 2.07. The van der Waals surface area contributed by atoms with E-state index in [-0.39, 0.29) is 11.6 Å². The third-order valence-electron chi connectivity index (χ3n) is 2.78. The van der Waals surface area contributed by atoms with E-state index < -0.39 is 0 Å². The van der Waals surface area contributed by atoms with Crippen molar-refractivity contribution >= 4 is 0 Å². The smallest absolute Gasteiger partial charge is 0.0877 e. The van der Waals surface area contributed by atoms with Crippen LogP contribution >= 0.6 is 0 Å². The molecule has 3 heteroatoms. The highest BCUT2D eigenvalue weighted by atomic mass is 16.5. The second-order valence-corrected chi connectivity index (χ2v) is 3.45. The quantitative estimate of drug-likeness (QED) is 0.549. The first-order chi connectivity index (χ1) is 5.33. The van der Waals surface area contributed by atoms with Gasteiger partial charge in [-0.15, -0.1) is 0 Å². The van der Waals surface area contributed by atoms with Crippen LogP contribution < -0.4 is 5.73 Å². The fraction of sp³-hybridized carbons (Fsp3) is 1.00. The summed E-state index contributed by atoms with van der Waals surface area (Å²) in [6, 6.07) is 0.0961. The Bertz CT molecular complexity index is 143. The van der Waals surface area contributed by atoms with E-state index in [0.29, 0.717) is 6.61 Å². The van der Waals surface area contributed by atoms with Gasteiger partial charge in [-0.05, 0) is 12.8 Å². The van der Waals surface area contributed by atoms with Crippen LogP contribution in [0.2, 0.25) is 0 Å². The number of rotatable bonds is 0. The van der Waals surface area contributed by atoms with Gasteiger partial charge in [0.1, 0.15) is 0 Å². The summed E-state index contributed by atoms with van der Waals surface area (Å²) in [4.78, 5) is 0. The molecule has 3 nitrogen and oxygen atoms in total. The largest absolute Gasteiger partial charge is 0.380 e. The summed E-state index contributed by atoms with van der Waals surface area (Å²) in [5, 5.41) is 0. The van der Waals surface area contributed by atoms with Crippen molar-refractivity contribution in [3.63, 3.8) is 0 Å². The number of ether oxygens (including phenoxy) is 2. The SMILES string of the molecule is N[C@@H]1COCC[C@@]12CCCO2. The van der Waals surface area contributed by atoms with E-state index in [9.17, 15) is 0 Å². The lowest BCUT2D eigenvalue weighted by Crippen LogP contribution is -2.54.